The number of hydrogen-bond donors (Lipinski definition) is 3. The zero-order valence-corrected chi connectivity index (χ0v) is 10.8. The molecule has 0 rings (SSSR count). The highest BCUT2D eigenvalue weighted by molar-refractivity contribution is 5.87. The van der Waals surface area contributed by atoms with Crippen molar-refractivity contribution in [3.05, 3.63) is 0 Å². The van der Waals surface area contributed by atoms with Crippen LogP contribution >= 0.6 is 0 Å². The van der Waals surface area contributed by atoms with Gasteiger partial charge in [0.15, 0.2) is 0 Å². The number of carbonyl (C=O) groups is 3. The molecule has 0 aromatic rings. The van der Waals surface area contributed by atoms with Gasteiger partial charge in [-0.15, -0.1) is 0 Å². The lowest BCUT2D eigenvalue weighted by Crippen LogP contribution is -2.49. The second-order valence-electron chi connectivity index (χ2n) is 4.19. The van der Waals surface area contributed by atoms with Crippen LogP contribution in [0, 0.1) is 0 Å². The van der Waals surface area contributed by atoms with Gasteiger partial charge in [-0.3, -0.25) is 14.4 Å². The molecule has 0 unspecified atom stereocenters. The first kappa shape index (κ1) is 15.4. The quantitative estimate of drug-likeness (QED) is 0.590. The molecule has 0 aromatic heterocycles. The Hall–Kier alpha value is -1.59. The SMILES string of the molecule is CC(=O)NCC[C@@H](NC(C)=O)C(=O)NC(C)C. The molecule has 1 atom stereocenters. The second-order valence-corrected chi connectivity index (χ2v) is 4.19. The minimum absolute atomic E-state index is 0.0134. The molecule has 17 heavy (non-hydrogen) atoms. The molecule has 0 radical (unpaired) electrons. The third-order valence-corrected chi connectivity index (χ3v) is 1.93. The summed E-state index contributed by atoms with van der Waals surface area (Å²) in [6, 6.07) is -0.596. The van der Waals surface area contributed by atoms with Gasteiger partial charge in [0, 0.05) is 26.4 Å². The molecule has 98 valence electrons. The number of carbonyl (C=O) groups excluding carboxylic acids is 3. The number of amides is 3. The van der Waals surface area contributed by atoms with Gasteiger partial charge in [0.2, 0.25) is 17.7 Å². The van der Waals surface area contributed by atoms with E-state index in [9.17, 15) is 14.4 Å². The van der Waals surface area contributed by atoms with E-state index in [1.54, 1.807) is 0 Å². The summed E-state index contributed by atoms with van der Waals surface area (Å²) in [5.41, 5.74) is 0. The lowest BCUT2D eigenvalue weighted by molar-refractivity contribution is -0.128. The van der Waals surface area contributed by atoms with E-state index in [1.807, 2.05) is 13.8 Å². The van der Waals surface area contributed by atoms with Crippen LogP contribution in [0.2, 0.25) is 0 Å². The van der Waals surface area contributed by atoms with Gasteiger partial charge in [0.05, 0.1) is 0 Å². The Balaban J connectivity index is 4.26. The molecule has 0 saturated heterocycles. The molecule has 0 aliphatic heterocycles. The molecule has 0 bridgehead atoms. The van der Waals surface area contributed by atoms with Crippen molar-refractivity contribution in [2.24, 2.45) is 0 Å². The van der Waals surface area contributed by atoms with Gasteiger partial charge in [0.1, 0.15) is 6.04 Å². The molecule has 0 aromatic carbocycles. The van der Waals surface area contributed by atoms with Crippen LogP contribution in [0.1, 0.15) is 34.1 Å². The van der Waals surface area contributed by atoms with E-state index in [4.69, 9.17) is 0 Å². The lowest BCUT2D eigenvalue weighted by atomic mass is 10.1. The molecular formula is C11H21N3O3. The van der Waals surface area contributed by atoms with Gasteiger partial charge in [-0.05, 0) is 20.3 Å². The van der Waals surface area contributed by atoms with E-state index in [2.05, 4.69) is 16.0 Å². The monoisotopic (exact) mass is 243 g/mol. The predicted molar refractivity (Wildman–Crippen MR) is 64.2 cm³/mol. The van der Waals surface area contributed by atoms with Crippen LogP contribution in [0.15, 0.2) is 0 Å². The summed E-state index contributed by atoms with van der Waals surface area (Å²) in [6.45, 7) is 6.80. The van der Waals surface area contributed by atoms with Crippen LogP contribution in [-0.2, 0) is 14.4 Å². The average molecular weight is 243 g/mol. The zero-order chi connectivity index (χ0) is 13.4. The van der Waals surface area contributed by atoms with Crippen molar-refractivity contribution in [3.8, 4) is 0 Å². The summed E-state index contributed by atoms with van der Waals surface area (Å²) >= 11 is 0. The topological polar surface area (TPSA) is 87.3 Å². The highest BCUT2D eigenvalue weighted by Gasteiger charge is 2.19. The Morgan fingerprint density at radius 2 is 1.59 bits per heavy atom. The maximum atomic E-state index is 11.7. The van der Waals surface area contributed by atoms with E-state index in [0.717, 1.165) is 0 Å². The fourth-order valence-electron chi connectivity index (χ4n) is 1.29. The maximum Gasteiger partial charge on any atom is 0.242 e. The third kappa shape index (κ3) is 8.24. The summed E-state index contributed by atoms with van der Waals surface area (Å²) in [5.74, 6) is -0.659. The second kappa shape index (κ2) is 7.65. The lowest BCUT2D eigenvalue weighted by Gasteiger charge is -2.19. The fourth-order valence-corrected chi connectivity index (χ4v) is 1.29. The summed E-state index contributed by atoms with van der Waals surface area (Å²) in [7, 11) is 0. The van der Waals surface area contributed by atoms with Crippen molar-refractivity contribution in [2.75, 3.05) is 6.54 Å². The summed E-state index contributed by atoms with van der Waals surface area (Å²) in [4.78, 5) is 33.4. The van der Waals surface area contributed by atoms with Gasteiger partial charge in [-0.25, -0.2) is 0 Å². The minimum Gasteiger partial charge on any atom is -0.356 e. The summed E-state index contributed by atoms with van der Waals surface area (Å²) in [5, 5.41) is 7.86. The van der Waals surface area contributed by atoms with Crippen LogP contribution in [0.25, 0.3) is 0 Å². The Morgan fingerprint density at radius 3 is 2.00 bits per heavy atom. The number of nitrogens with one attached hydrogen (secondary N) is 3. The summed E-state index contributed by atoms with van der Waals surface area (Å²) < 4.78 is 0. The molecule has 0 saturated carbocycles. The normalized spacial score (nSPS) is 11.8. The van der Waals surface area contributed by atoms with Crippen molar-refractivity contribution >= 4 is 17.7 Å². The van der Waals surface area contributed by atoms with Crippen molar-refractivity contribution < 1.29 is 14.4 Å². The first-order valence-corrected chi connectivity index (χ1v) is 5.64. The van der Waals surface area contributed by atoms with E-state index >= 15 is 0 Å². The van der Waals surface area contributed by atoms with E-state index < -0.39 is 6.04 Å². The third-order valence-electron chi connectivity index (χ3n) is 1.93. The highest BCUT2D eigenvalue weighted by atomic mass is 16.2. The average Bonchev–Trinajstić information content (AvgIpc) is 2.13. The van der Waals surface area contributed by atoms with Gasteiger partial charge >= 0.3 is 0 Å². The van der Waals surface area contributed by atoms with Crippen LogP contribution < -0.4 is 16.0 Å². The molecule has 0 aliphatic carbocycles. The van der Waals surface area contributed by atoms with Crippen LogP contribution in [-0.4, -0.2) is 36.3 Å². The smallest absolute Gasteiger partial charge is 0.242 e. The van der Waals surface area contributed by atoms with Crippen LogP contribution in [0.5, 0.6) is 0 Å². The fraction of sp³-hybridized carbons (Fsp3) is 0.727. The maximum absolute atomic E-state index is 11.7. The largest absolute Gasteiger partial charge is 0.356 e. The molecule has 0 fully saturated rings. The van der Waals surface area contributed by atoms with Crippen molar-refractivity contribution in [1.82, 2.24) is 16.0 Å². The van der Waals surface area contributed by atoms with Gasteiger partial charge < -0.3 is 16.0 Å². The summed E-state index contributed by atoms with van der Waals surface area (Å²) in [6.07, 6.45) is 0.373. The molecular weight excluding hydrogens is 222 g/mol. The van der Waals surface area contributed by atoms with Crippen LogP contribution in [0.3, 0.4) is 0 Å². The van der Waals surface area contributed by atoms with Crippen molar-refractivity contribution in [3.63, 3.8) is 0 Å². The molecule has 0 heterocycles. The predicted octanol–water partition coefficient (Wildman–Crippen LogP) is -0.458. The highest BCUT2D eigenvalue weighted by Crippen LogP contribution is 1.93. The Labute approximate surface area is 102 Å². The molecule has 0 spiro atoms. The molecule has 3 amide bonds. The molecule has 0 aliphatic rings. The van der Waals surface area contributed by atoms with Crippen LogP contribution in [0.4, 0.5) is 0 Å². The zero-order valence-electron chi connectivity index (χ0n) is 10.8. The van der Waals surface area contributed by atoms with Crippen molar-refractivity contribution in [2.45, 2.75) is 46.2 Å². The minimum atomic E-state index is -0.609. The standard InChI is InChI=1S/C11H21N3O3/c1-7(2)13-11(17)10(14-9(4)16)5-6-12-8(3)15/h7,10H,5-6H2,1-4H3,(H,12,15)(H,13,17)(H,14,16)/t10-/m1/s1. The Bertz CT molecular complexity index is 290. The number of rotatable bonds is 6. The van der Waals surface area contributed by atoms with E-state index in [1.165, 1.54) is 13.8 Å². The Morgan fingerprint density at radius 1 is 1.00 bits per heavy atom. The van der Waals surface area contributed by atoms with Gasteiger partial charge in [-0.2, -0.15) is 0 Å². The van der Waals surface area contributed by atoms with Gasteiger partial charge in [-0.1, -0.05) is 0 Å². The number of hydrogen-bond acceptors (Lipinski definition) is 3. The molecule has 6 heteroatoms. The van der Waals surface area contributed by atoms with E-state index in [0.29, 0.717) is 13.0 Å². The Kier molecular flexibility index (Phi) is 6.93. The van der Waals surface area contributed by atoms with Crippen molar-refractivity contribution in [1.29, 1.82) is 0 Å². The van der Waals surface area contributed by atoms with E-state index in [-0.39, 0.29) is 23.8 Å². The van der Waals surface area contributed by atoms with Gasteiger partial charge in [0.25, 0.3) is 0 Å². The molecule has 3 N–H and O–H groups in total. The molecule has 6 nitrogen and oxygen atoms in total. The first-order chi connectivity index (χ1) is 7.82. The first-order valence-electron chi connectivity index (χ1n) is 5.64.